The van der Waals surface area contributed by atoms with Crippen molar-refractivity contribution in [2.45, 2.75) is 51.7 Å². The fraction of sp³-hybridized carbons (Fsp3) is 0.421. The van der Waals surface area contributed by atoms with E-state index in [2.05, 4.69) is 0 Å². The third kappa shape index (κ3) is 3.96. The Morgan fingerprint density at radius 2 is 1.52 bits per heavy atom. The van der Waals surface area contributed by atoms with Gasteiger partial charge >= 0.3 is 13.1 Å². The molecule has 144 valence electrons. The molecule has 1 aliphatic heterocycles. The molecule has 1 aromatic heterocycles. The molecular weight excluding hydrogens is 349 g/mol. The molecule has 7 nitrogen and oxygen atoms in total. The van der Waals surface area contributed by atoms with E-state index >= 15 is 0 Å². The SMILES string of the molecule is CC1(C)OB(c2ccc(CCC(=O)On3c(O)ccc3O)cc2)OC1(C)C. The molecule has 2 N–H and O–H groups in total. The van der Waals surface area contributed by atoms with Crippen molar-refractivity contribution >= 4 is 18.6 Å². The number of aromatic nitrogens is 1. The number of carbonyl (C=O) groups is 1. The van der Waals surface area contributed by atoms with Crippen LogP contribution in [0.3, 0.4) is 0 Å². The van der Waals surface area contributed by atoms with Gasteiger partial charge in [0, 0.05) is 12.1 Å². The Labute approximate surface area is 158 Å². The van der Waals surface area contributed by atoms with E-state index < -0.39 is 24.3 Å². The summed E-state index contributed by atoms with van der Waals surface area (Å²) < 4.78 is 12.7. The number of carbonyl (C=O) groups excluding carboxylic acids is 1. The Kier molecular flexibility index (Phi) is 4.97. The van der Waals surface area contributed by atoms with Crippen LogP contribution in [0.1, 0.15) is 39.7 Å². The first-order valence-electron chi connectivity index (χ1n) is 8.84. The van der Waals surface area contributed by atoms with Crippen LogP contribution in [0.25, 0.3) is 0 Å². The van der Waals surface area contributed by atoms with Crippen molar-refractivity contribution in [3.63, 3.8) is 0 Å². The fourth-order valence-electron chi connectivity index (χ4n) is 2.71. The van der Waals surface area contributed by atoms with Gasteiger partial charge in [0.1, 0.15) is 0 Å². The molecule has 2 heterocycles. The van der Waals surface area contributed by atoms with Gasteiger partial charge in [-0.3, -0.25) is 0 Å². The molecule has 0 atom stereocenters. The van der Waals surface area contributed by atoms with Gasteiger partial charge in [0.05, 0.1) is 17.6 Å². The summed E-state index contributed by atoms with van der Waals surface area (Å²) in [5.41, 5.74) is 1.08. The topological polar surface area (TPSA) is 90.2 Å². The van der Waals surface area contributed by atoms with Crippen LogP contribution in [0.5, 0.6) is 11.8 Å². The maximum atomic E-state index is 11.9. The second kappa shape index (κ2) is 6.94. The number of rotatable bonds is 5. The van der Waals surface area contributed by atoms with E-state index in [0.29, 0.717) is 11.2 Å². The van der Waals surface area contributed by atoms with Crippen molar-refractivity contribution in [1.82, 2.24) is 4.73 Å². The van der Waals surface area contributed by atoms with E-state index in [4.69, 9.17) is 14.1 Å². The van der Waals surface area contributed by atoms with Crippen LogP contribution < -0.4 is 10.3 Å². The van der Waals surface area contributed by atoms with Gasteiger partial charge in [0.15, 0.2) is 0 Å². The summed E-state index contributed by atoms with van der Waals surface area (Å²) in [5.74, 6) is -1.24. The summed E-state index contributed by atoms with van der Waals surface area (Å²) in [7, 11) is -0.422. The van der Waals surface area contributed by atoms with E-state index in [-0.39, 0.29) is 18.2 Å². The highest BCUT2D eigenvalue weighted by Gasteiger charge is 2.51. The Bertz CT molecular complexity index is 792. The lowest BCUT2D eigenvalue weighted by Gasteiger charge is -2.32. The van der Waals surface area contributed by atoms with E-state index in [1.54, 1.807) is 0 Å². The molecule has 0 saturated carbocycles. The molecule has 0 amide bonds. The molecule has 0 spiro atoms. The van der Waals surface area contributed by atoms with Crippen molar-refractivity contribution in [2.24, 2.45) is 0 Å². The van der Waals surface area contributed by atoms with Crippen LogP contribution >= 0.6 is 0 Å². The maximum Gasteiger partial charge on any atom is 0.494 e. The first kappa shape index (κ1) is 19.3. The van der Waals surface area contributed by atoms with Gasteiger partial charge in [-0.1, -0.05) is 24.3 Å². The zero-order valence-corrected chi connectivity index (χ0v) is 15.9. The second-order valence-corrected chi connectivity index (χ2v) is 7.64. The summed E-state index contributed by atoms with van der Waals surface area (Å²) in [6, 6.07) is 10.1. The van der Waals surface area contributed by atoms with Crippen LogP contribution in [0, 0.1) is 0 Å². The standard InChI is InChI=1S/C19H24BNO6/c1-18(2)19(3,4)27-20(26-18)14-8-5-13(6-9-14)7-12-17(24)25-21-15(22)10-11-16(21)23/h5-6,8-11,22-23H,7,12H2,1-4H3. The Hall–Kier alpha value is -2.45. The molecular formula is C19H24BNO6. The third-order valence-corrected chi connectivity index (χ3v) is 5.11. The molecule has 1 aliphatic rings. The minimum absolute atomic E-state index is 0.104. The zero-order valence-electron chi connectivity index (χ0n) is 15.9. The molecule has 1 saturated heterocycles. The summed E-state index contributed by atoms with van der Waals surface area (Å²) >= 11 is 0. The predicted molar refractivity (Wildman–Crippen MR) is 99.8 cm³/mol. The van der Waals surface area contributed by atoms with Gasteiger partial charge in [-0.25, -0.2) is 4.79 Å². The monoisotopic (exact) mass is 373 g/mol. The highest BCUT2D eigenvalue weighted by molar-refractivity contribution is 6.62. The van der Waals surface area contributed by atoms with Crippen LogP contribution in [-0.2, 0) is 20.5 Å². The summed E-state index contributed by atoms with van der Waals surface area (Å²) in [4.78, 5) is 16.8. The number of benzene rings is 1. The van der Waals surface area contributed by atoms with Crippen molar-refractivity contribution in [3.05, 3.63) is 42.0 Å². The van der Waals surface area contributed by atoms with Gasteiger partial charge in [0.25, 0.3) is 0 Å². The van der Waals surface area contributed by atoms with E-state index in [0.717, 1.165) is 11.0 Å². The lowest BCUT2D eigenvalue weighted by molar-refractivity contribution is -0.145. The third-order valence-electron chi connectivity index (χ3n) is 5.11. The molecule has 8 heteroatoms. The van der Waals surface area contributed by atoms with Crippen molar-refractivity contribution < 1.29 is 29.2 Å². The smallest absolute Gasteiger partial charge is 0.492 e. The maximum absolute atomic E-state index is 11.9. The largest absolute Gasteiger partial charge is 0.494 e. The van der Waals surface area contributed by atoms with E-state index in [1.807, 2.05) is 52.0 Å². The molecule has 0 radical (unpaired) electrons. The minimum atomic E-state index is -0.563. The Morgan fingerprint density at radius 3 is 2.04 bits per heavy atom. The summed E-state index contributed by atoms with van der Waals surface area (Å²) in [5, 5.41) is 19.0. The zero-order chi connectivity index (χ0) is 19.8. The highest BCUT2D eigenvalue weighted by Crippen LogP contribution is 2.36. The average molecular weight is 373 g/mol. The lowest BCUT2D eigenvalue weighted by Crippen LogP contribution is -2.41. The first-order chi connectivity index (χ1) is 12.6. The molecule has 1 fully saturated rings. The van der Waals surface area contributed by atoms with Crippen molar-refractivity contribution in [2.75, 3.05) is 0 Å². The van der Waals surface area contributed by atoms with Gasteiger partial charge in [0.2, 0.25) is 11.8 Å². The molecule has 1 aromatic carbocycles. The number of aromatic hydroxyl groups is 2. The van der Waals surface area contributed by atoms with Crippen molar-refractivity contribution in [1.29, 1.82) is 0 Å². The number of hydrogen-bond donors (Lipinski definition) is 2. The van der Waals surface area contributed by atoms with E-state index in [9.17, 15) is 15.0 Å². The minimum Gasteiger partial charge on any atom is -0.492 e. The predicted octanol–water partition coefficient (Wildman–Crippen LogP) is 1.79. The number of nitrogens with zero attached hydrogens (tertiary/aromatic N) is 1. The highest BCUT2D eigenvalue weighted by atomic mass is 16.7. The van der Waals surface area contributed by atoms with Gasteiger partial charge in [-0.2, -0.15) is 0 Å². The normalized spacial score (nSPS) is 17.9. The van der Waals surface area contributed by atoms with E-state index in [1.165, 1.54) is 12.1 Å². The van der Waals surface area contributed by atoms with Crippen LogP contribution in [0.15, 0.2) is 36.4 Å². The quantitative estimate of drug-likeness (QED) is 0.777. The van der Waals surface area contributed by atoms with Crippen molar-refractivity contribution in [3.8, 4) is 11.8 Å². The fourth-order valence-corrected chi connectivity index (χ4v) is 2.71. The molecule has 0 unspecified atom stereocenters. The second-order valence-electron chi connectivity index (χ2n) is 7.64. The average Bonchev–Trinajstić information content (AvgIpc) is 3.02. The van der Waals surface area contributed by atoms with Gasteiger partial charge < -0.3 is 24.4 Å². The molecule has 27 heavy (non-hydrogen) atoms. The molecule has 3 rings (SSSR count). The molecule has 0 aliphatic carbocycles. The van der Waals surface area contributed by atoms with Crippen LogP contribution in [0.2, 0.25) is 0 Å². The lowest BCUT2D eigenvalue weighted by atomic mass is 9.79. The van der Waals surface area contributed by atoms with Gasteiger partial charge in [-0.15, -0.1) is 4.73 Å². The van der Waals surface area contributed by atoms with Crippen LogP contribution in [0.4, 0.5) is 0 Å². The Morgan fingerprint density at radius 1 is 1.00 bits per heavy atom. The molecule has 0 bridgehead atoms. The first-order valence-corrected chi connectivity index (χ1v) is 8.84. The van der Waals surface area contributed by atoms with Gasteiger partial charge in [-0.05, 0) is 45.1 Å². The summed E-state index contributed by atoms with van der Waals surface area (Å²) in [6.07, 6.45) is 0.568. The molecule has 2 aromatic rings. The number of aryl methyl sites for hydroxylation is 1. The Balaban J connectivity index is 1.56. The number of hydrogen-bond acceptors (Lipinski definition) is 6. The van der Waals surface area contributed by atoms with Crippen LogP contribution in [-0.4, -0.2) is 39.2 Å². The summed E-state index contributed by atoms with van der Waals surface area (Å²) in [6.45, 7) is 8.03.